The number of aromatic nitrogens is 1. The van der Waals surface area contributed by atoms with Gasteiger partial charge in [0.1, 0.15) is 18.1 Å². The monoisotopic (exact) mass is 384 g/mol. The number of rotatable bonds is 6. The number of carbonyl (C=O) groups is 2. The molecule has 6 nitrogen and oxygen atoms in total. The Kier molecular flexibility index (Phi) is 5.57. The van der Waals surface area contributed by atoms with Crippen LogP contribution >= 0.6 is 11.6 Å². The summed E-state index contributed by atoms with van der Waals surface area (Å²) >= 11 is 6.08. The van der Waals surface area contributed by atoms with Gasteiger partial charge in [0.05, 0.1) is 10.6 Å². The topological polar surface area (TPSA) is 81.4 Å². The number of halogens is 1. The summed E-state index contributed by atoms with van der Waals surface area (Å²) in [6.07, 6.45) is 0. The highest BCUT2D eigenvalue weighted by Gasteiger charge is 2.21. The zero-order valence-electron chi connectivity index (χ0n) is 14.8. The van der Waals surface area contributed by atoms with E-state index in [-0.39, 0.29) is 18.1 Å². The Bertz CT molecular complexity index is 980. The van der Waals surface area contributed by atoms with Gasteiger partial charge in [0, 0.05) is 11.3 Å². The SMILES string of the molecule is CC(=O)c1ccc(NC(=O)c2noc(C)c2COc2ccccc2Cl)cc1. The summed E-state index contributed by atoms with van der Waals surface area (Å²) in [6, 6.07) is 13.7. The van der Waals surface area contributed by atoms with E-state index in [1.54, 1.807) is 55.5 Å². The molecule has 138 valence electrons. The molecule has 0 bridgehead atoms. The summed E-state index contributed by atoms with van der Waals surface area (Å²) in [7, 11) is 0. The van der Waals surface area contributed by atoms with Crippen molar-refractivity contribution in [1.82, 2.24) is 5.16 Å². The molecular weight excluding hydrogens is 368 g/mol. The van der Waals surface area contributed by atoms with Crippen molar-refractivity contribution >= 4 is 29.0 Å². The first-order valence-corrected chi connectivity index (χ1v) is 8.58. The van der Waals surface area contributed by atoms with Crippen molar-refractivity contribution in [3.63, 3.8) is 0 Å². The van der Waals surface area contributed by atoms with Crippen molar-refractivity contribution in [2.24, 2.45) is 0 Å². The Hall–Kier alpha value is -3.12. The molecule has 0 aliphatic rings. The van der Waals surface area contributed by atoms with Gasteiger partial charge < -0.3 is 14.6 Å². The van der Waals surface area contributed by atoms with E-state index >= 15 is 0 Å². The van der Waals surface area contributed by atoms with Crippen LogP contribution in [0.3, 0.4) is 0 Å². The quantitative estimate of drug-likeness (QED) is 0.624. The molecule has 3 aromatic rings. The fourth-order valence-corrected chi connectivity index (χ4v) is 2.62. The standard InChI is InChI=1S/C20H17ClN2O4/c1-12(24)14-7-9-15(10-8-14)22-20(25)19-16(13(2)27-23-19)11-26-18-6-4-3-5-17(18)21/h3-10H,11H2,1-2H3,(H,22,25). The van der Waals surface area contributed by atoms with E-state index in [0.717, 1.165) is 0 Å². The average Bonchev–Trinajstić information content (AvgIpc) is 3.02. The highest BCUT2D eigenvalue weighted by atomic mass is 35.5. The van der Waals surface area contributed by atoms with Gasteiger partial charge in [-0.05, 0) is 50.2 Å². The molecule has 0 spiro atoms. The molecule has 0 atom stereocenters. The molecule has 0 radical (unpaired) electrons. The summed E-state index contributed by atoms with van der Waals surface area (Å²) in [5, 5.41) is 7.05. The summed E-state index contributed by atoms with van der Waals surface area (Å²) in [6.45, 7) is 3.28. The lowest BCUT2D eigenvalue weighted by Crippen LogP contribution is -2.15. The third-order valence-corrected chi connectivity index (χ3v) is 4.27. The van der Waals surface area contributed by atoms with Gasteiger partial charge in [0.25, 0.3) is 5.91 Å². The van der Waals surface area contributed by atoms with Gasteiger partial charge in [-0.25, -0.2) is 0 Å². The summed E-state index contributed by atoms with van der Waals surface area (Å²) < 4.78 is 10.9. The second-order valence-electron chi connectivity index (χ2n) is 5.87. The maximum Gasteiger partial charge on any atom is 0.278 e. The van der Waals surface area contributed by atoms with Crippen LogP contribution in [0.5, 0.6) is 5.75 Å². The lowest BCUT2D eigenvalue weighted by atomic mass is 10.1. The summed E-state index contributed by atoms with van der Waals surface area (Å²) in [5.41, 5.74) is 1.78. The minimum absolute atomic E-state index is 0.0426. The van der Waals surface area contributed by atoms with E-state index < -0.39 is 5.91 Å². The molecular formula is C20H17ClN2O4. The van der Waals surface area contributed by atoms with Crippen LogP contribution in [-0.4, -0.2) is 16.8 Å². The van der Waals surface area contributed by atoms with Crippen molar-refractivity contribution in [1.29, 1.82) is 0 Å². The first-order chi connectivity index (χ1) is 13.0. The predicted octanol–water partition coefficient (Wildman–Crippen LogP) is 4.67. The van der Waals surface area contributed by atoms with E-state index in [0.29, 0.717) is 33.3 Å². The third kappa shape index (κ3) is 4.35. The Morgan fingerprint density at radius 3 is 2.52 bits per heavy atom. The summed E-state index contributed by atoms with van der Waals surface area (Å²) in [4.78, 5) is 23.9. The van der Waals surface area contributed by atoms with Crippen LogP contribution in [0.2, 0.25) is 5.02 Å². The zero-order valence-corrected chi connectivity index (χ0v) is 15.5. The highest BCUT2D eigenvalue weighted by molar-refractivity contribution is 6.32. The smallest absolute Gasteiger partial charge is 0.278 e. The number of carbonyl (C=O) groups excluding carboxylic acids is 2. The van der Waals surface area contributed by atoms with Crippen LogP contribution in [0.25, 0.3) is 0 Å². The van der Waals surface area contributed by atoms with Crippen LogP contribution in [0, 0.1) is 6.92 Å². The number of ether oxygens (including phenoxy) is 1. The lowest BCUT2D eigenvalue weighted by Gasteiger charge is -2.08. The number of ketones is 1. The second-order valence-corrected chi connectivity index (χ2v) is 6.28. The van der Waals surface area contributed by atoms with Crippen molar-refractivity contribution in [3.8, 4) is 5.75 Å². The van der Waals surface area contributed by atoms with Gasteiger partial charge in [0.2, 0.25) is 0 Å². The molecule has 7 heteroatoms. The maximum absolute atomic E-state index is 12.6. The first-order valence-electron chi connectivity index (χ1n) is 8.20. The number of nitrogens with one attached hydrogen (secondary N) is 1. The lowest BCUT2D eigenvalue weighted by molar-refractivity contribution is 0.101. The molecule has 27 heavy (non-hydrogen) atoms. The van der Waals surface area contributed by atoms with Crippen LogP contribution in [0.4, 0.5) is 5.69 Å². The number of anilines is 1. The molecule has 0 aliphatic heterocycles. The fourth-order valence-electron chi connectivity index (χ4n) is 2.43. The second kappa shape index (κ2) is 8.05. The molecule has 0 saturated heterocycles. The van der Waals surface area contributed by atoms with Gasteiger partial charge in [-0.2, -0.15) is 0 Å². The van der Waals surface area contributed by atoms with E-state index in [2.05, 4.69) is 10.5 Å². The first kappa shape index (κ1) is 18.7. The van der Waals surface area contributed by atoms with E-state index in [9.17, 15) is 9.59 Å². The Morgan fingerprint density at radius 1 is 1.15 bits per heavy atom. The molecule has 1 aromatic heterocycles. The Balaban J connectivity index is 1.74. The number of benzene rings is 2. The molecule has 0 saturated carbocycles. The minimum Gasteiger partial charge on any atom is -0.487 e. The molecule has 0 fully saturated rings. The molecule has 1 N–H and O–H groups in total. The Labute approximate surface area is 161 Å². The largest absolute Gasteiger partial charge is 0.487 e. The predicted molar refractivity (Wildman–Crippen MR) is 101 cm³/mol. The van der Waals surface area contributed by atoms with Crippen LogP contribution in [-0.2, 0) is 6.61 Å². The zero-order chi connectivity index (χ0) is 19.4. The number of aryl methyl sites for hydroxylation is 1. The third-order valence-electron chi connectivity index (χ3n) is 3.96. The van der Waals surface area contributed by atoms with Gasteiger partial charge in [-0.1, -0.05) is 28.9 Å². The maximum atomic E-state index is 12.6. The fraction of sp³-hybridized carbons (Fsp3) is 0.150. The van der Waals surface area contributed by atoms with Crippen molar-refractivity contribution < 1.29 is 18.8 Å². The number of para-hydroxylation sites is 1. The van der Waals surface area contributed by atoms with E-state index in [1.165, 1.54) is 6.92 Å². The number of hydrogen-bond donors (Lipinski definition) is 1. The number of nitrogens with zero attached hydrogens (tertiary/aromatic N) is 1. The number of Topliss-reactive ketones (excluding diaryl/α,β-unsaturated/α-hetero) is 1. The number of amides is 1. The van der Waals surface area contributed by atoms with Crippen LogP contribution in [0.15, 0.2) is 53.1 Å². The normalized spacial score (nSPS) is 10.5. The van der Waals surface area contributed by atoms with Crippen LogP contribution < -0.4 is 10.1 Å². The molecule has 1 heterocycles. The highest BCUT2D eigenvalue weighted by Crippen LogP contribution is 2.25. The van der Waals surface area contributed by atoms with Gasteiger partial charge >= 0.3 is 0 Å². The Morgan fingerprint density at radius 2 is 1.85 bits per heavy atom. The van der Waals surface area contributed by atoms with Gasteiger partial charge in [-0.3, -0.25) is 9.59 Å². The summed E-state index contributed by atoms with van der Waals surface area (Å²) in [5.74, 6) is 0.518. The van der Waals surface area contributed by atoms with Crippen molar-refractivity contribution in [2.75, 3.05) is 5.32 Å². The molecule has 0 unspecified atom stereocenters. The molecule has 3 rings (SSSR count). The minimum atomic E-state index is -0.430. The van der Waals surface area contributed by atoms with Gasteiger partial charge in [-0.15, -0.1) is 0 Å². The van der Waals surface area contributed by atoms with Crippen LogP contribution in [0.1, 0.15) is 39.1 Å². The van der Waals surface area contributed by atoms with Crippen molar-refractivity contribution in [2.45, 2.75) is 20.5 Å². The number of hydrogen-bond acceptors (Lipinski definition) is 5. The van der Waals surface area contributed by atoms with Gasteiger partial charge in [0.15, 0.2) is 11.5 Å². The average molecular weight is 385 g/mol. The molecule has 2 aromatic carbocycles. The molecule has 1 amide bonds. The molecule has 0 aliphatic carbocycles. The van der Waals surface area contributed by atoms with Crippen molar-refractivity contribution in [3.05, 3.63) is 76.1 Å². The van der Waals surface area contributed by atoms with E-state index in [4.69, 9.17) is 20.9 Å². The van der Waals surface area contributed by atoms with E-state index in [1.807, 2.05) is 0 Å².